The van der Waals surface area contributed by atoms with E-state index in [1.807, 2.05) is 0 Å². The van der Waals surface area contributed by atoms with Crippen LogP contribution in [0.15, 0.2) is 0 Å². The third-order valence-corrected chi connectivity index (χ3v) is 4.38. The summed E-state index contributed by atoms with van der Waals surface area (Å²) in [5, 5.41) is 0. The van der Waals surface area contributed by atoms with E-state index < -0.39 is 0 Å². The van der Waals surface area contributed by atoms with Gasteiger partial charge in [-0.1, -0.05) is 48.5 Å². The van der Waals surface area contributed by atoms with Crippen LogP contribution in [0.25, 0.3) is 0 Å². The first-order chi connectivity index (χ1) is 10.4. The number of hydrogen-bond acceptors (Lipinski definition) is 2. The Bertz CT molecular complexity index is 231. The predicted molar refractivity (Wildman–Crippen MR) is 97.4 cm³/mol. The molecule has 134 valence electrons. The molecule has 1 aliphatic heterocycles. The molecule has 2 nitrogen and oxygen atoms in total. The van der Waals surface area contributed by atoms with Gasteiger partial charge in [0.05, 0.1) is 12.2 Å². The summed E-state index contributed by atoms with van der Waals surface area (Å²) in [5.41, 5.74) is 0. The summed E-state index contributed by atoms with van der Waals surface area (Å²) >= 11 is 0. The molecule has 22 heavy (non-hydrogen) atoms. The summed E-state index contributed by atoms with van der Waals surface area (Å²) in [4.78, 5) is 0. The molecule has 1 fully saturated rings. The molecule has 2 heteroatoms. The molecule has 1 heterocycles. The maximum atomic E-state index is 5.65. The second-order valence-electron chi connectivity index (χ2n) is 7.59. The highest BCUT2D eigenvalue weighted by Crippen LogP contribution is 2.26. The van der Waals surface area contributed by atoms with E-state index >= 15 is 0 Å². The van der Waals surface area contributed by atoms with Gasteiger partial charge in [-0.3, -0.25) is 0 Å². The van der Waals surface area contributed by atoms with E-state index in [0.29, 0.717) is 12.2 Å². The Labute approximate surface area is 140 Å². The van der Waals surface area contributed by atoms with Gasteiger partial charge in [0.15, 0.2) is 0 Å². The second-order valence-corrected chi connectivity index (χ2v) is 7.59. The molecule has 0 aromatic rings. The van der Waals surface area contributed by atoms with Crippen LogP contribution in [0.1, 0.15) is 87.0 Å². The number of rotatable bonds is 9. The first-order valence-electron chi connectivity index (χ1n) is 9.65. The molecule has 0 saturated carbocycles. The van der Waals surface area contributed by atoms with Gasteiger partial charge in [-0.2, -0.15) is 0 Å². The van der Waals surface area contributed by atoms with E-state index in [4.69, 9.17) is 9.47 Å². The molecule has 0 amide bonds. The largest absolute Gasteiger partial charge is 0.378 e. The van der Waals surface area contributed by atoms with Crippen LogP contribution < -0.4 is 0 Å². The fraction of sp³-hybridized carbons (Fsp3) is 1.00. The average molecular weight is 315 g/mol. The van der Waals surface area contributed by atoms with Crippen LogP contribution in [0.4, 0.5) is 0 Å². The van der Waals surface area contributed by atoms with Crippen molar-refractivity contribution >= 4 is 0 Å². The Hall–Kier alpha value is -0.0800. The number of hydrogen-bond donors (Lipinski definition) is 0. The van der Waals surface area contributed by atoms with Crippen molar-refractivity contribution in [1.82, 2.24) is 0 Å². The summed E-state index contributed by atoms with van der Waals surface area (Å²) in [5.74, 6) is 2.45. The van der Waals surface area contributed by atoms with Crippen LogP contribution in [0.2, 0.25) is 0 Å². The van der Waals surface area contributed by atoms with E-state index in [9.17, 15) is 0 Å². The van der Waals surface area contributed by atoms with E-state index in [1.54, 1.807) is 0 Å². The van der Waals surface area contributed by atoms with Gasteiger partial charge in [-0.15, -0.1) is 0 Å². The maximum absolute atomic E-state index is 5.65. The molecular weight excluding hydrogens is 272 g/mol. The van der Waals surface area contributed by atoms with Crippen molar-refractivity contribution in [3.05, 3.63) is 0 Å². The molecule has 2 atom stereocenters. The van der Waals surface area contributed by atoms with Crippen molar-refractivity contribution in [2.24, 2.45) is 17.8 Å². The minimum absolute atomic E-state index is 0.494. The first kappa shape index (κ1) is 21.9. The normalized spacial score (nSPS) is 21.5. The topological polar surface area (TPSA) is 18.5 Å². The van der Waals surface area contributed by atoms with Crippen LogP contribution in [-0.2, 0) is 9.47 Å². The Morgan fingerprint density at radius 3 is 2.05 bits per heavy atom. The van der Waals surface area contributed by atoms with Crippen molar-refractivity contribution in [3.63, 3.8) is 0 Å². The molecule has 0 radical (unpaired) electrons. The zero-order chi connectivity index (χ0) is 17.0. The summed E-state index contributed by atoms with van der Waals surface area (Å²) in [6.07, 6.45) is 8.38. The molecule has 2 unspecified atom stereocenters. The molecule has 1 rings (SSSR count). The summed E-state index contributed by atoms with van der Waals surface area (Å²) in [6.45, 7) is 17.6. The Morgan fingerprint density at radius 1 is 1.00 bits per heavy atom. The van der Waals surface area contributed by atoms with Crippen LogP contribution in [0.5, 0.6) is 0 Å². The molecule has 0 N–H and O–H groups in total. The molecule has 0 spiro atoms. The summed E-state index contributed by atoms with van der Waals surface area (Å²) in [7, 11) is 0. The minimum Gasteiger partial charge on any atom is -0.378 e. The van der Waals surface area contributed by atoms with Crippen molar-refractivity contribution < 1.29 is 9.47 Å². The molecule has 1 aliphatic rings. The Kier molecular flexibility index (Phi) is 13.3. The molecular formula is C20H42O2. The highest BCUT2D eigenvalue weighted by atomic mass is 16.5. The highest BCUT2D eigenvalue weighted by Gasteiger charge is 2.24. The molecule has 0 bridgehead atoms. The third kappa shape index (κ3) is 11.5. The second kappa shape index (κ2) is 13.4. The lowest BCUT2D eigenvalue weighted by atomic mass is 9.94. The highest BCUT2D eigenvalue weighted by molar-refractivity contribution is 4.73. The van der Waals surface area contributed by atoms with Gasteiger partial charge in [-0.25, -0.2) is 0 Å². The fourth-order valence-corrected chi connectivity index (χ4v) is 2.89. The van der Waals surface area contributed by atoms with Crippen molar-refractivity contribution in [3.8, 4) is 0 Å². The lowest BCUT2D eigenvalue weighted by Crippen LogP contribution is -2.12. The Balaban J connectivity index is 0.000000401. The maximum Gasteiger partial charge on any atom is 0.0576 e. The summed E-state index contributed by atoms with van der Waals surface area (Å²) < 4.78 is 11.3. The van der Waals surface area contributed by atoms with E-state index in [1.165, 1.54) is 25.7 Å². The SMILES string of the molecule is CCC(CC)OCCC(C)C.CCC1CC(CC(C)C)CO1. The summed E-state index contributed by atoms with van der Waals surface area (Å²) in [6, 6.07) is 0. The van der Waals surface area contributed by atoms with Gasteiger partial charge in [0.2, 0.25) is 0 Å². The van der Waals surface area contributed by atoms with Gasteiger partial charge >= 0.3 is 0 Å². The van der Waals surface area contributed by atoms with Gasteiger partial charge in [-0.05, 0) is 56.3 Å². The first-order valence-corrected chi connectivity index (χ1v) is 9.65. The van der Waals surface area contributed by atoms with E-state index in [0.717, 1.165) is 43.8 Å². The monoisotopic (exact) mass is 314 g/mol. The predicted octanol–water partition coefficient (Wildman–Crippen LogP) is 6.09. The van der Waals surface area contributed by atoms with Crippen LogP contribution in [0.3, 0.4) is 0 Å². The average Bonchev–Trinajstić information content (AvgIpc) is 2.91. The van der Waals surface area contributed by atoms with Crippen LogP contribution in [-0.4, -0.2) is 25.4 Å². The van der Waals surface area contributed by atoms with Crippen molar-refractivity contribution in [1.29, 1.82) is 0 Å². The third-order valence-electron chi connectivity index (χ3n) is 4.38. The van der Waals surface area contributed by atoms with Crippen molar-refractivity contribution in [2.45, 2.75) is 99.2 Å². The lowest BCUT2D eigenvalue weighted by Gasteiger charge is -2.14. The zero-order valence-electron chi connectivity index (χ0n) is 16.4. The van der Waals surface area contributed by atoms with E-state index in [-0.39, 0.29) is 0 Å². The molecule has 0 aromatic heterocycles. The smallest absolute Gasteiger partial charge is 0.0576 e. The fourth-order valence-electron chi connectivity index (χ4n) is 2.89. The zero-order valence-corrected chi connectivity index (χ0v) is 16.4. The molecule has 1 saturated heterocycles. The van der Waals surface area contributed by atoms with Gasteiger partial charge in [0, 0.05) is 13.2 Å². The quantitative estimate of drug-likeness (QED) is 0.513. The minimum atomic E-state index is 0.494. The van der Waals surface area contributed by atoms with Gasteiger partial charge in [0.25, 0.3) is 0 Å². The molecule has 0 aromatic carbocycles. The Morgan fingerprint density at radius 2 is 1.64 bits per heavy atom. The standard InChI is InChI=1S/C10H20O.C10H22O/c1-4-10-6-9(7-11-10)5-8(2)3;1-5-10(6-2)11-8-7-9(3)4/h8-10H,4-7H2,1-3H3;9-10H,5-8H2,1-4H3. The molecule has 0 aliphatic carbocycles. The van der Waals surface area contributed by atoms with Gasteiger partial charge < -0.3 is 9.47 Å². The van der Waals surface area contributed by atoms with E-state index in [2.05, 4.69) is 48.5 Å². The van der Waals surface area contributed by atoms with Crippen LogP contribution >= 0.6 is 0 Å². The van der Waals surface area contributed by atoms with Gasteiger partial charge in [0.1, 0.15) is 0 Å². The number of ether oxygens (including phenoxy) is 2. The van der Waals surface area contributed by atoms with Crippen LogP contribution in [0, 0.1) is 17.8 Å². The lowest BCUT2D eigenvalue weighted by molar-refractivity contribution is 0.0418. The van der Waals surface area contributed by atoms with Crippen molar-refractivity contribution in [2.75, 3.05) is 13.2 Å².